The number of nitrogens with zero attached hydrogens (tertiary/aromatic N) is 4. The molecule has 8 nitrogen and oxygen atoms in total. The van der Waals surface area contributed by atoms with Crippen LogP contribution in [0.1, 0.15) is 37.3 Å². The van der Waals surface area contributed by atoms with Crippen LogP contribution in [0.15, 0.2) is 12.4 Å². The van der Waals surface area contributed by atoms with Gasteiger partial charge in [0.15, 0.2) is 0 Å². The molecule has 4 rings (SSSR count). The first-order valence-corrected chi connectivity index (χ1v) is 9.53. The van der Waals surface area contributed by atoms with Crippen LogP contribution in [0.3, 0.4) is 0 Å². The van der Waals surface area contributed by atoms with Crippen molar-refractivity contribution in [1.82, 2.24) is 20.2 Å². The Morgan fingerprint density at radius 2 is 2.07 bits per heavy atom. The van der Waals surface area contributed by atoms with Gasteiger partial charge in [-0.3, -0.25) is 9.78 Å². The first-order chi connectivity index (χ1) is 13.7. The van der Waals surface area contributed by atoms with E-state index in [1.165, 1.54) is 19.4 Å². The number of hydrogen-bond acceptors (Lipinski definition) is 6. The summed E-state index contributed by atoms with van der Waals surface area (Å²) in [4.78, 5) is 34.5. The maximum absolute atomic E-state index is 13.2. The number of amides is 2. The number of rotatable bonds is 6. The van der Waals surface area contributed by atoms with Gasteiger partial charge in [0.05, 0.1) is 24.1 Å². The van der Waals surface area contributed by atoms with Crippen LogP contribution in [-0.4, -0.2) is 71.4 Å². The van der Waals surface area contributed by atoms with Crippen molar-refractivity contribution < 1.29 is 27.5 Å². The fraction of sp³-hybridized carbons (Fsp3) is 0.667. The van der Waals surface area contributed by atoms with Crippen LogP contribution in [0.25, 0.3) is 0 Å². The van der Waals surface area contributed by atoms with Crippen molar-refractivity contribution >= 4 is 17.8 Å². The number of alkyl carbamates (subject to hydrolysis) is 1. The molecule has 0 aromatic carbocycles. The molecule has 2 amide bonds. The lowest BCUT2D eigenvalue weighted by atomic mass is 9.95. The van der Waals surface area contributed by atoms with Gasteiger partial charge in [-0.25, -0.2) is 9.78 Å². The monoisotopic (exact) mass is 413 g/mol. The van der Waals surface area contributed by atoms with Crippen LogP contribution in [-0.2, 0) is 9.53 Å². The normalized spacial score (nSPS) is 23.2. The molecule has 1 aliphatic carbocycles. The average Bonchev–Trinajstić information content (AvgIpc) is 3.36. The highest BCUT2D eigenvalue weighted by atomic mass is 19.4. The summed E-state index contributed by atoms with van der Waals surface area (Å²) in [5.41, 5.74) is -1.16. The van der Waals surface area contributed by atoms with Crippen LogP contribution in [0.5, 0.6) is 0 Å². The van der Waals surface area contributed by atoms with Crippen LogP contribution in [0.4, 0.5) is 23.8 Å². The lowest BCUT2D eigenvalue weighted by molar-refractivity contribution is -0.157. The molecule has 1 atom stereocenters. The van der Waals surface area contributed by atoms with Gasteiger partial charge >= 0.3 is 12.3 Å². The number of likely N-dealkylation sites (tertiary alicyclic amines) is 1. The zero-order valence-electron chi connectivity index (χ0n) is 15.9. The lowest BCUT2D eigenvalue weighted by Gasteiger charge is -2.39. The Balaban J connectivity index is 1.27. The van der Waals surface area contributed by atoms with Gasteiger partial charge in [0.1, 0.15) is 18.0 Å². The number of carbonyl (C=O) groups is 2. The third-order valence-corrected chi connectivity index (χ3v) is 5.99. The Bertz CT molecular complexity index is 791. The number of anilines is 1. The molecule has 2 aliphatic heterocycles. The maximum Gasteiger partial charge on any atom is 0.411 e. The molecule has 2 saturated heterocycles. The topological polar surface area (TPSA) is 87.7 Å². The van der Waals surface area contributed by atoms with E-state index in [4.69, 9.17) is 4.74 Å². The van der Waals surface area contributed by atoms with E-state index < -0.39 is 17.8 Å². The van der Waals surface area contributed by atoms with Crippen molar-refractivity contribution in [1.29, 1.82) is 0 Å². The third-order valence-electron chi connectivity index (χ3n) is 5.99. The molecule has 3 heterocycles. The molecule has 1 aromatic heterocycles. The molecular weight excluding hydrogens is 391 g/mol. The van der Waals surface area contributed by atoms with Gasteiger partial charge in [-0.05, 0) is 19.3 Å². The molecule has 29 heavy (non-hydrogen) atoms. The van der Waals surface area contributed by atoms with E-state index in [0.717, 1.165) is 4.90 Å². The maximum atomic E-state index is 13.2. The molecule has 0 unspecified atom stereocenters. The van der Waals surface area contributed by atoms with E-state index in [9.17, 15) is 22.8 Å². The second-order valence-corrected chi connectivity index (χ2v) is 7.86. The van der Waals surface area contributed by atoms with Gasteiger partial charge in [0.2, 0.25) is 5.91 Å². The number of halogens is 3. The number of ether oxygens (including phenoxy) is 1. The zero-order valence-corrected chi connectivity index (χ0v) is 15.9. The summed E-state index contributed by atoms with van der Waals surface area (Å²) in [6.07, 6.45) is -0.931. The highest BCUT2D eigenvalue weighted by Crippen LogP contribution is 2.53. The van der Waals surface area contributed by atoms with Crippen molar-refractivity contribution in [2.24, 2.45) is 0 Å². The first kappa shape index (κ1) is 19.7. The molecule has 11 heteroatoms. The summed E-state index contributed by atoms with van der Waals surface area (Å²) in [7, 11) is 1.39. The summed E-state index contributed by atoms with van der Waals surface area (Å²) >= 11 is 0. The summed E-state index contributed by atoms with van der Waals surface area (Å²) in [6.45, 7) is 1.28. The molecule has 0 radical (unpaired) electrons. The number of hydrogen-bond donors (Lipinski definition) is 1. The van der Waals surface area contributed by atoms with E-state index in [2.05, 4.69) is 15.3 Å². The fourth-order valence-corrected chi connectivity index (χ4v) is 3.77. The van der Waals surface area contributed by atoms with E-state index in [1.54, 1.807) is 4.90 Å². The summed E-state index contributed by atoms with van der Waals surface area (Å²) in [5.74, 6) is 0.210. The van der Waals surface area contributed by atoms with Crippen molar-refractivity contribution in [2.45, 2.75) is 49.4 Å². The van der Waals surface area contributed by atoms with Crippen LogP contribution in [0, 0.1) is 0 Å². The molecule has 0 bridgehead atoms. The fourth-order valence-electron chi connectivity index (χ4n) is 3.77. The van der Waals surface area contributed by atoms with Crippen molar-refractivity contribution in [3.8, 4) is 0 Å². The molecule has 1 N–H and O–H groups in total. The van der Waals surface area contributed by atoms with Crippen LogP contribution < -0.4 is 10.2 Å². The molecule has 1 saturated carbocycles. The predicted octanol–water partition coefficient (Wildman–Crippen LogP) is 1.82. The minimum absolute atomic E-state index is 0.00689. The second kappa shape index (κ2) is 7.03. The quantitative estimate of drug-likeness (QED) is 0.766. The Hall–Kier alpha value is -2.59. The van der Waals surface area contributed by atoms with Gasteiger partial charge in [-0.1, -0.05) is 0 Å². The summed E-state index contributed by atoms with van der Waals surface area (Å²) in [6, 6.07) is -0.134. The van der Waals surface area contributed by atoms with Gasteiger partial charge in [-0.15, -0.1) is 0 Å². The van der Waals surface area contributed by atoms with Gasteiger partial charge in [0.25, 0.3) is 0 Å². The Morgan fingerprint density at radius 1 is 1.34 bits per heavy atom. The second-order valence-electron chi connectivity index (χ2n) is 7.86. The largest absolute Gasteiger partial charge is 0.447 e. The van der Waals surface area contributed by atoms with E-state index in [1.807, 2.05) is 0 Å². The average molecular weight is 413 g/mol. The number of cyclic esters (lactones) is 1. The summed E-state index contributed by atoms with van der Waals surface area (Å²) < 4.78 is 44.5. The SMILES string of the molecule is CN(c1cnc(C2CN(C(=O)CC[C@@H]3COC(=O)N3)C2)cn1)C1(C(F)(F)F)CC1. The van der Waals surface area contributed by atoms with E-state index in [-0.39, 0.29) is 43.1 Å². The minimum Gasteiger partial charge on any atom is -0.447 e. The highest BCUT2D eigenvalue weighted by molar-refractivity contribution is 5.77. The molecule has 1 aromatic rings. The Kier molecular flexibility index (Phi) is 4.78. The zero-order chi connectivity index (χ0) is 20.8. The van der Waals surface area contributed by atoms with E-state index >= 15 is 0 Å². The molecule has 3 fully saturated rings. The molecule has 0 spiro atoms. The molecule has 158 valence electrons. The van der Waals surface area contributed by atoms with Crippen LogP contribution in [0.2, 0.25) is 0 Å². The van der Waals surface area contributed by atoms with Crippen molar-refractivity contribution in [3.63, 3.8) is 0 Å². The number of alkyl halides is 3. The highest BCUT2D eigenvalue weighted by Gasteiger charge is 2.66. The van der Waals surface area contributed by atoms with Crippen molar-refractivity contribution in [3.05, 3.63) is 18.1 Å². The predicted molar refractivity (Wildman–Crippen MR) is 95.3 cm³/mol. The lowest BCUT2D eigenvalue weighted by Crippen LogP contribution is -2.49. The van der Waals surface area contributed by atoms with E-state index in [0.29, 0.717) is 31.6 Å². The number of carbonyl (C=O) groups excluding carboxylic acids is 2. The molecular formula is C18H22F3N5O3. The summed E-state index contributed by atoms with van der Waals surface area (Å²) in [5, 5.41) is 2.63. The minimum atomic E-state index is -4.30. The Labute approximate surface area is 165 Å². The Morgan fingerprint density at radius 3 is 2.59 bits per heavy atom. The van der Waals surface area contributed by atoms with Gasteiger partial charge in [-0.2, -0.15) is 13.2 Å². The third kappa shape index (κ3) is 3.69. The van der Waals surface area contributed by atoms with Gasteiger partial charge in [0, 0.05) is 32.5 Å². The first-order valence-electron chi connectivity index (χ1n) is 9.53. The number of nitrogens with one attached hydrogen (secondary N) is 1. The van der Waals surface area contributed by atoms with Crippen LogP contribution >= 0.6 is 0 Å². The smallest absolute Gasteiger partial charge is 0.411 e. The number of aromatic nitrogens is 2. The molecule has 3 aliphatic rings. The van der Waals surface area contributed by atoms with Gasteiger partial charge < -0.3 is 19.9 Å². The van der Waals surface area contributed by atoms with Crippen molar-refractivity contribution in [2.75, 3.05) is 31.6 Å². The standard InChI is InChI=1S/C18H22F3N5O3/c1-25(17(4-5-17)18(19,20)21)14-7-22-13(6-23-14)11-8-26(9-11)15(27)3-2-12-10-29-16(28)24-12/h6-7,11-12H,2-5,8-10H2,1H3,(H,24,28)/t12-/m1/s1.